The van der Waals surface area contributed by atoms with E-state index in [1.54, 1.807) is 12.1 Å². The molecule has 3 aromatic carbocycles. The number of hydrogen-bond donors (Lipinski definition) is 0. The first-order valence-electron chi connectivity index (χ1n) is 11.9. The van der Waals surface area contributed by atoms with Crippen molar-refractivity contribution in [1.29, 1.82) is 0 Å². The van der Waals surface area contributed by atoms with Gasteiger partial charge in [-0.2, -0.15) is 4.31 Å². The molecule has 0 bridgehead atoms. The van der Waals surface area contributed by atoms with Crippen molar-refractivity contribution < 1.29 is 17.9 Å². The summed E-state index contributed by atoms with van der Waals surface area (Å²) in [6, 6.07) is 23.4. The van der Waals surface area contributed by atoms with Crippen LogP contribution in [0.4, 0.5) is 0 Å². The van der Waals surface area contributed by atoms with Crippen molar-refractivity contribution in [2.75, 3.05) is 40.4 Å². The lowest BCUT2D eigenvalue weighted by Gasteiger charge is -2.34. The molecule has 1 aliphatic heterocycles. The number of fused-ring (bicyclic) bond motifs is 1. The highest BCUT2D eigenvalue weighted by molar-refractivity contribution is 7.89. The van der Waals surface area contributed by atoms with Crippen molar-refractivity contribution in [3.8, 4) is 11.5 Å². The Hall–Kier alpha value is -3.40. The lowest BCUT2D eigenvalue weighted by atomic mass is 10.2. The third-order valence-corrected chi connectivity index (χ3v) is 8.52. The van der Waals surface area contributed by atoms with Crippen LogP contribution in [-0.2, 0) is 23.1 Å². The van der Waals surface area contributed by atoms with Gasteiger partial charge in [-0.05, 0) is 29.8 Å². The normalized spacial score (nSPS) is 15.3. The standard InChI is InChI=1S/C27H30N4O4S/c1-34-22-12-13-25(35-2)26(18-22)36(32,33)30-16-14-29(15-17-30)20-27-28-23-10-6-7-11-24(23)31(27)19-21-8-4-3-5-9-21/h3-13,18H,14-17,19-20H2,1-2H3. The number of benzene rings is 3. The molecular weight excluding hydrogens is 476 g/mol. The maximum Gasteiger partial charge on any atom is 0.246 e. The predicted octanol–water partition coefficient (Wildman–Crippen LogP) is 3.61. The molecule has 0 unspecified atom stereocenters. The summed E-state index contributed by atoms with van der Waals surface area (Å²) >= 11 is 0. The Labute approximate surface area is 211 Å². The summed E-state index contributed by atoms with van der Waals surface area (Å²) in [6.07, 6.45) is 0. The van der Waals surface area contributed by atoms with Gasteiger partial charge in [-0.3, -0.25) is 4.90 Å². The highest BCUT2D eigenvalue weighted by Crippen LogP contribution is 2.31. The van der Waals surface area contributed by atoms with Crippen molar-refractivity contribution in [2.24, 2.45) is 0 Å². The Morgan fingerprint density at radius 3 is 2.28 bits per heavy atom. The Kier molecular flexibility index (Phi) is 6.95. The molecule has 0 spiro atoms. The van der Waals surface area contributed by atoms with E-state index in [9.17, 15) is 8.42 Å². The largest absolute Gasteiger partial charge is 0.497 e. The van der Waals surface area contributed by atoms with E-state index in [0.29, 0.717) is 44.2 Å². The van der Waals surface area contributed by atoms with Gasteiger partial charge < -0.3 is 14.0 Å². The minimum atomic E-state index is -3.72. The van der Waals surface area contributed by atoms with E-state index in [1.165, 1.54) is 30.2 Å². The van der Waals surface area contributed by atoms with Gasteiger partial charge in [-0.25, -0.2) is 13.4 Å². The molecule has 1 aromatic heterocycles. The van der Waals surface area contributed by atoms with Crippen molar-refractivity contribution in [2.45, 2.75) is 18.0 Å². The highest BCUT2D eigenvalue weighted by Gasteiger charge is 2.31. The van der Waals surface area contributed by atoms with Crippen LogP contribution in [0, 0.1) is 0 Å². The predicted molar refractivity (Wildman–Crippen MR) is 139 cm³/mol. The van der Waals surface area contributed by atoms with Gasteiger partial charge in [0, 0.05) is 38.8 Å². The van der Waals surface area contributed by atoms with E-state index >= 15 is 0 Å². The fraction of sp³-hybridized carbons (Fsp3) is 0.296. The second-order valence-corrected chi connectivity index (χ2v) is 10.7. The Morgan fingerprint density at radius 2 is 1.56 bits per heavy atom. The van der Waals surface area contributed by atoms with Gasteiger partial charge in [0.2, 0.25) is 10.0 Å². The number of sulfonamides is 1. The number of imidazole rings is 1. The van der Waals surface area contributed by atoms with Crippen LogP contribution in [0.15, 0.2) is 77.7 Å². The minimum Gasteiger partial charge on any atom is -0.497 e. The number of para-hydroxylation sites is 2. The van der Waals surface area contributed by atoms with Crippen LogP contribution in [-0.4, -0.2) is 67.6 Å². The molecule has 0 amide bonds. The molecule has 0 radical (unpaired) electrons. The number of hydrogen-bond acceptors (Lipinski definition) is 6. The molecule has 0 atom stereocenters. The van der Waals surface area contributed by atoms with E-state index in [0.717, 1.165) is 23.4 Å². The first-order valence-corrected chi connectivity index (χ1v) is 13.4. The zero-order chi connectivity index (χ0) is 25.1. The molecular formula is C27H30N4O4S. The first kappa shape index (κ1) is 24.3. The average Bonchev–Trinajstić information content (AvgIpc) is 3.25. The monoisotopic (exact) mass is 506 g/mol. The van der Waals surface area contributed by atoms with Gasteiger partial charge in [-0.1, -0.05) is 42.5 Å². The second-order valence-electron chi connectivity index (χ2n) is 8.79. The molecule has 8 nitrogen and oxygen atoms in total. The van der Waals surface area contributed by atoms with Gasteiger partial charge in [-0.15, -0.1) is 0 Å². The molecule has 1 aliphatic rings. The molecule has 4 aromatic rings. The molecule has 5 rings (SSSR count). The number of piperazine rings is 1. The second kappa shape index (κ2) is 10.3. The number of rotatable bonds is 8. The summed E-state index contributed by atoms with van der Waals surface area (Å²) in [5, 5.41) is 0. The van der Waals surface area contributed by atoms with Gasteiger partial charge in [0.15, 0.2) is 0 Å². The zero-order valence-corrected chi connectivity index (χ0v) is 21.3. The maximum atomic E-state index is 13.4. The lowest BCUT2D eigenvalue weighted by molar-refractivity contribution is 0.176. The molecule has 2 heterocycles. The number of nitrogens with zero attached hydrogens (tertiary/aromatic N) is 4. The van der Waals surface area contributed by atoms with Crippen LogP contribution in [0.2, 0.25) is 0 Å². The molecule has 36 heavy (non-hydrogen) atoms. The highest BCUT2D eigenvalue weighted by atomic mass is 32.2. The van der Waals surface area contributed by atoms with Crippen LogP contribution in [0.5, 0.6) is 11.5 Å². The van der Waals surface area contributed by atoms with Gasteiger partial charge in [0.05, 0.1) is 31.8 Å². The van der Waals surface area contributed by atoms with Crippen LogP contribution in [0.3, 0.4) is 0 Å². The van der Waals surface area contributed by atoms with Crippen molar-refractivity contribution in [1.82, 2.24) is 18.8 Å². The Bertz CT molecular complexity index is 1450. The molecule has 0 saturated carbocycles. The topological polar surface area (TPSA) is 76.9 Å². The summed E-state index contributed by atoms with van der Waals surface area (Å²) in [4.78, 5) is 7.31. The third-order valence-electron chi connectivity index (χ3n) is 6.60. The quantitative estimate of drug-likeness (QED) is 0.363. The Balaban J connectivity index is 1.33. The van der Waals surface area contributed by atoms with Gasteiger partial charge in [0.25, 0.3) is 0 Å². The van der Waals surface area contributed by atoms with Crippen molar-refractivity contribution in [3.63, 3.8) is 0 Å². The molecule has 0 N–H and O–H groups in total. The van der Waals surface area contributed by atoms with Gasteiger partial charge >= 0.3 is 0 Å². The first-order chi connectivity index (χ1) is 17.5. The van der Waals surface area contributed by atoms with Crippen molar-refractivity contribution >= 4 is 21.1 Å². The summed E-state index contributed by atoms with van der Waals surface area (Å²) in [5.41, 5.74) is 3.28. The molecule has 0 aliphatic carbocycles. The summed E-state index contributed by atoms with van der Waals surface area (Å²) < 4.78 is 41.2. The van der Waals surface area contributed by atoms with Crippen LogP contribution in [0.1, 0.15) is 11.4 Å². The summed E-state index contributed by atoms with van der Waals surface area (Å²) in [7, 11) is -0.734. The lowest BCUT2D eigenvalue weighted by Crippen LogP contribution is -2.48. The smallest absolute Gasteiger partial charge is 0.246 e. The van der Waals surface area contributed by atoms with E-state index in [4.69, 9.17) is 14.5 Å². The number of methoxy groups -OCH3 is 2. The fourth-order valence-corrected chi connectivity index (χ4v) is 6.23. The fourth-order valence-electron chi connectivity index (χ4n) is 4.64. The van der Waals surface area contributed by atoms with E-state index in [-0.39, 0.29) is 4.90 Å². The van der Waals surface area contributed by atoms with Crippen LogP contribution in [0.25, 0.3) is 11.0 Å². The molecule has 9 heteroatoms. The minimum absolute atomic E-state index is 0.127. The molecule has 188 valence electrons. The third kappa shape index (κ3) is 4.82. The maximum absolute atomic E-state index is 13.4. The average molecular weight is 507 g/mol. The number of aromatic nitrogens is 2. The number of ether oxygens (including phenoxy) is 2. The van der Waals surface area contributed by atoms with E-state index in [2.05, 4.69) is 27.7 Å². The van der Waals surface area contributed by atoms with Crippen LogP contribution >= 0.6 is 0 Å². The van der Waals surface area contributed by atoms with Crippen LogP contribution < -0.4 is 9.47 Å². The zero-order valence-electron chi connectivity index (χ0n) is 20.5. The summed E-state index contributed by atoms with van der Waals surface area (Å²) in [6.45, 7) is 3.39. The SMILES string of the molecule is COc1ccc(OC)c(S(=O)(=O)N2CCN(Cc3nc4ccccc4n3Cc3ccccc3)CC2)c1. The van der Waals surface area contributed by atoms with Crippen molar-refractivity contribution in [3.05, 3.63) is 84.2 Å². The van der Waals surface area contributed by atoms with E-state index < -0.39 is 10.0 Å². The molecule has 1 saturated heterocycles. The Morgan fingerprint density at radius 1 is 0.833 bits per heavy atom. The van der Waals surface area contributed by atoms with Gasteiger partial charge in [0.1, 0.15) is 22.2 Å². The molecule has 1 fully saturated rings. The van der Waals surface area contributed by atoms with E-state index in [1.807, 2.05) is 36.4 Å². The summed E-state index contributed by atoms with van der Waals surface area (Å²) in [5.74, 6) is 1.77.